The third-order valence-electron chi connectivity index (χ3n) is 4.00. The van der Waals surface area contributed by atoms with Crippen molar-refractivity contribution in [1.29, 1.82) is 0 Å². The van der Waals surface area contributed by atoms with Gasteiger partial charge < -0.3 is 10.6 Å². The maximum absolute atomic E-state index is 12.4. The number of rotatable bonds is 4. The molecule has 0 spiro atoms. The molecule has 1 heterocycles. The summed E-state index contributed by atoms with van der Waals surface area (Å²) in [4.78, 5) is 12.4. The highest BCUT2D eigenvalue weighted by Crippen LogP contribution is 2.32. The number of anilines is 1. The first kappa shape index (κ1) is 15.0. The molecule has 1 saturated heterocycles. The van der Waals surface area contributed by atoms with Crippen molar-refractivity contribution in [2.24, 2.45) is 0 Å². The number of benzene rings is 1. The van der Waals surface area contributed by atoms with Crippen molar-refractivity contribution in [3.05, 3.63) is 29.3 Å². The Kier molecular flexibility index (Phi) is 4.81. The molecule has 1 aliphatic rings. The first-order chi connectivity index (χ1) is 9.50. The second-order valence-corrected chi connectivity index (χ2v) is 6.26. The lowest BCUT2D eigenvalue weighted by Crippen LogP contribution is -2.36. The molecule has 0 aliphatic carbocycles. The summed E-state index contributed by atoms with van der Waals surface area (Å²) in [5, 5.41) is 6.44. The molecule has 1 atom stereocenters. The standard InChI is InChI=1S/C17H26N2O/c1-11(2)13-7-5-8-14(12(3)4)16(13)19-17(20)15-9-6-10-18-15/h5,7-8,11-12,15,18H,6,9-10H2,1-4H3,(H,19,20)/t15-/m0/s1. The zero-order chi connectivity index (χ0) is 14.7. The smallest absolute Gasteiger partial charge is 0.241 e. The summed E-state index contributed by atoms with van der Waals surface area (Å²) < 4.78 is 0. The van der Waals surface area contributed by atoms with Crippen LogP contribution >= 0.6 is 0 Å². The van der Waals surface area contributed by atoms with Gasteiger partial charge in [-0.2, -0.15) is 0 Å². The van der Waals surface area contributed by atoms with E-state index in [0.29, 0.717) is 11.8 Å². The Bertz CT molecular complexity index is 448. The summed E-state index contributed by atoms with van der Waals surface area (Å²) in [6.45, 7) is 9.62. The molecule has 0 bridgehead atoms. The molecule has 1 amide bonds. The summed E-state index contributed by atoms with van der Waals surface area (Å²) in [6, 6.07) is 6.30. The van der Waals surface area contributed by atoms with E-state index >= 15 is 0 Å². The number of para-hydroxylation sites is 1. The van der Waals surface area contributed by atoms with Gasteiger partial charge in [0, 0.05) is 5.69 Å². The Hall–Kier alpha value is -1.35. The van der Waals surface area contributed by atoms with Gasteiger partial charge in [0.1, 0.15) is 0 Å². The first-order valence-electron chi connectivity index (χ1n) is 7.67. The third-order valence-corrected chi connectivity index (χ3v) is 4.00. The maximum atomic E-state index is 12.4. The van der Waals surface area contributed by atoms with E-state index in [-0.39, 0.29) is 11.9 Å². The minimum absolute atomic E-state index is 0.0322. The molecule has 1 fully saturated rings. The lowest BCUT2D eigenvalue weighted by atomic mass is 9.92. The molecule has 2 rings (SSSR count). The summed E-state index contributed by atoms with van der Waals surface area (Å²) in [5.41, 5.74) is 3.47. The lowest BCUT2D eigenvalue weighted by Gasteiger charge is -2.21. The minimum atomic E-state index is -0.0322. The third kappa shape index (κ3) is 3.21. The summed E-state index contributed by atoms with van der Waals surface area (Å²) >= 11 is 0. The van der Waals surface area contributed by atoms with Crippen LogP contribution in [-0.2, 0) is 4.79 Å². The molecule has 1 aliphatic heterocycles. The SMILES string of the molecule is CC(C)c1cccc(C(C)C)c1NC(=O)[C@@H]1CCCN1. The van der Waals surface area contributed by atoms with E-state index in [1.54, 1.807) is 0 Å². The van der Waals surface area contributed by atoms with Crippen LogP contribution in [0.25, 0.3) is 0 Å². The number of carbonyl (C=O) groups excluding carboxylic acids is 1. The second-order valence-electron chi connectivity index (χ2n) is 6.26. The fraction of sp³-hybridized carbons (Fsp3) is 0.588. The molecule has 110 valence electrons. The number of amides is 1. The van der Waals surface area contributed by atoms with Gasteiger partial charge in [-0.15, -0.1) is 0 Å². The molecule has 2 N–H and O–H groups in total. The largest absolute Gasteiger partial charge is 0.324 e. The molecule has 1 aromatic rings. The van der Waals surface area contributed by atoms with Crippen molar-refractivity contribution in [1.82, 2.24) is 5.32 Å². The molecule has 0 radical (unpaired) electrons. The van der Waals surface area contributed by atoms with E-state index in [9.17, 15) is 4.79 Å². The topological polar surface area (TPSA) is 41.1 Å². The van der Waals surface area contributed by atoms with Gasteiger partial charge in [0.05, 0.1) is 6.04 Å². The monoisotopic (exact) mass is 274 g/mol. The van der Waals surface area contributed by atoms with E-state index in [2.05, 4.69) is 56.5 Å². The van der Waals surface area contributed by atoms with E-state index in [4.69, 9.17) is 0 Å². The van der Waals surface area contributed by atoms with Crippen molar-refractivity contribution in [2.45, 2.75) is 58.4 Å². The zero-order valence-electron chi connectivity index (χ0n) is 13.0. The number of nitrogens with one attached hydrogen (secondary N) is 2. The van der Waals surface area contributed by atoms with Crippen LogP contribution in [0.1, 0.15) is 63.5 Å². The van der Waals surface area contributed by atoms with Crippen molar-refractivity contribution in [3.63, 3.8) is 0 Å². The summed E-state index contributed by atoms with van der Waals surface area (Å²) in [7, 11) is 0. The summed E-state index contributed by atoms with van der Waals surface area (Å²) in [6.07, 6.45) is 2.02. The Morgan fingerprint density at radius 1 is 1.20 bits per heavy atom. The molecule has 20 heavy (non-hydrogen) atoms. The maximum Gasteiger partial charge on any atom is 0.241 e. The van der Waals surface area contributed by atoms with Crippen LogP contribution in [0, 0.1) is 0 Å². The van der Waals surface area contributed by atoms with Crippen LogP contribution in [0.5, 0.6) is 0 Å². The molecule has 3 heteroatoms. The van der Waals surface area contributed by atoms with Crippen molar-refractivity contribution >= 4 is 11.6 Å². The van der Waals surface area contributed by atoms with E-state index in [1.165, 1.54) is 11.1 Å². The van der Waals surface area contributed by atoms with E-state index in [1.807, 2.05) is 0 Å². The average molecular weight is 274 g/mol. The average Bonchev–Trinajstić information content (AvgIpc) is 2.92. The zero-order valence-corrected chi connectivity index (χ0v) is 13.0. The van der Waals surface area contributed by atoms with Gasteiger partial charge in [0.2, 0.25) is 5.91 Å². The van der Waals surface area contributed by atoms with Gasteiger partial charge in [-0.3, -0.25) is 4.79 Å². The predicted octanol–water partition coefficient (Wildman–Crippen LogP) is 3.62. The fourth-order valence-corrected chi connectivity index (χ4v) is 2.81. The highest BCUT2D eigenvalue weighted by atomic mass is 16.2. The van der Waals surface area contributed by atoms with Crippen LogP contribution in [-0.4, -0.2) is 18.5 Å². The van der Waals surface area contributed by atoms with Crippen LogP contribution < -0.4 is 10.6 Å². The Morgan fingerprint density at radius 3 is 2.25 bits per heavy atom. The van der Waals surface area contributed by atoms with Crippen LogP contribution in [0.15, 0.2) is 18.2 Å². The van der Waals surface area contributed by atoms with Crippen LogP contribution in [0.3, 0.4) is 0 Å². The molecule has 1 aromatic carbocycles. The number of carbonyl (C=O) groups is 1. The highest BCUT2D eigenvalue weighted by molar-refractivity contribution is 5.96. The Morgan fingerprint density at radius 2 is 1.80 bits per heavy atom. The van der Waals surface area contributed by atoms with Gasteiger partial charge in [-0.05, 0) is 42.3 Å². The Balaban J connectivity index is 2.30. The van der Waals surface area contributed by atoms with E-state index in [0.717, 1.165) is 25.1 Å². The van der Waals surface area contributed by atoms with Crippen molar-refractivity contribution < 1.29 is 4.79 Å². The van der Waals surface area contributed by atoms with Crippen molar-refractivity contribution in [3.8, 4) is 0 Å². The van der Waals surface area contributed by atoms with Gasteiger partial charge in [0.25, 0.3) is 0 Å². The molecule has 0 saturated carbocycles. The lowest BCUT2D eigenvalue weighted by molar-refractivity contribution is -0.117. The molecular formula is C17H26N2O. The molecule has 0 unspecified atom stereocenters. The van der Waals surface area contributed by atoms with Gasteiger partial charge in [0.15, 0.2) is 0 Å². The molecule has 3 nitrogen and oxygen atoms in total. The summed E-state index contributed by atoms with van der Waals surface area (Å²) in [5.74, 6) is 0.915. The quantitative estimate of drug-likeness (QED) is 0.880. The van der Waals surface area contributed by atoms with Crippen LogP contribution in [0.4, 0.5) is 5.69 Å². The first-order valence-corrected chi connectivity index (χ1v) is 7.67. The number of hydrogen-bond acceptors (Lipinski definition) is 2. The van der Waals surface area contributed by atoms with E-state index < -0.39 is 0 Å². The Labute approximate surface area is 122 Å². The molecular weight excluding hydrogens is 248 g/mol. The van der Waals surface area contributed by atoms with Crippen molar-refractivity contribution in [2.75, 3.05) is 11.9 Å². The van der Waals surface area contributed by atoms with Crippen LogP contribution in [0.2, 0.25) is 0 Å². The predicted molar refractivity (Wildman–Crippen MR) is 84.3 cm³/mol. The van der Waals surface area contributed by atoms with Gasteiger partial charge in [-0.25, -0.2) is 0 Å². The highest BCUT2D eigenvalue weighted by Gasteiger charge is 2.24. The van der Waals surface area contributed by atoms with Gasteiger partial charge in [-0.1, -0.05) is 45.9 Å². The normalized spacial score (nSPS) is 18.8. The number of hydrogen-bond donors (Lipinski definition) is 2. The van der Waals surface area contributed by atoms with Gasteiger partial charge >= 0.3 is 0 Å². The fourth-order valence-electron chi connectivity index (χ4n) is 2.81. The molecule has 0 aromatic heterocycles. The minimum Gasteiger partial charge on any atom is -0.324 e. The second kappa shape index (κ2) is 6.40.